The minimum Gasteiger partial charge on any atom is -0.353 e. The van der Waals surface area contributed by atoms with Gasteiger partial charge < -0.3 is 10.2 Å². The molecule has 2 unspecified atom stereocenters. The van der Waals surface area contributed by atoms with Crippen molar-refractivity contribution in [2.75, 3.05) is 18.0 Å². The van der Waals surface area contributed by atoms with Crippen LogP contribution in [-0.2, 0) is 0 Å². The molecular weight excluding hydrogens is 282 g/mol. The second-order valence-corrected chi connectivity index (χ2v) is 6.56. The van der Waals surface area contributed by atoms with Crippen LogP contribution in [0.15, 0.2) is 42.6 Å². The number of aromatic nitrogens is 1. The number of aryl methyl sites for hydroxylation is 1. The number of benzene rings is 1. The number of hydrogen-bond donors (Lipinski definition) is 1. The summed E-state index contributed by atoms with van der Waals surface area (Å²) < 4.78 is 0. The molecule has 2 aliphatic heterocycles. The number of fused-ring (bicyclic) bond motifs is 2. The summed E-state index contributed by atoms with van der Waals surface area (Å²) in [7, 11) is 0. The van der Waals surface area contributed by atoms with Gasteiger partial charge in [-0.2, -0.15) is 0 Å². The SMILES string of the molecule is Cc1ccc(C#Cc2ccc(N3CC4CCC(C3)N4)nc2)cc1. The molecule has 4 rings (SSSR count). The first-order chi connectivity index (χ1) is 11.3. The van der Waals surface area contributed by atoms with Crippen molar-refractivity contribution in [2.24, 2.45) is 0 Å². The molecule has 23 heavy (non-hydrogen) atoms. The summed E-state index contributed by atoms with van der Waals surface area (Å²) >= 11 is 0. The van der Waals surface area contributed by atoms with Gasteiger partial charge in [0, 0.05) is 42.5 Å². The van der Waals surface area contributed by atoms with E-state index in [0.717, 1.165) is 30.0 Å². The molecule has 2 aromatic rings. The van der Waals surface area contributed by atoms with Gasteiger partial charge in [-0.3, -0.25) is 0 Å². The van der Waals surface area contributed by atoms with Crippen molar-refractivity contribution < 1.29 is 0 Å². The Bertz CT molecular complexity index is 725. The molecule has 3 heterocycles. The topological polar surface area (TPSA) is 28.2 Å². The number of rotatable bonds is 1. The normalized spacial score (nSPS) is 22.6. The molecule has 1 N–H and O–H groups in total. The van der Waals surface area contributed by atoms with Crippen LogP contribution in [0.2, 0.25) is 0 Å². The lowest BCUT2D eigenvalue weighted by atomic mass is 10.1. The van der Waals surface area contributed by atoms with Crippen LogP contribution < -0.4 is 10.2 Å². The summed E-state index contributed by atoms with van der Waals surface area (Å²) in [5, 5.41) is 3.65. The van der Waals surface area contributed by atoms with Crippen LogP contribution >= 0.6 is 0 Å². The Balaban J connectivity index is 1.47. The Morgan fingerprint density at radius 1 is 0.957 bits per heavy atom. The van der Waals surface area contributed by atoms with Gasteiger partial charge in [0.05, 0.1) is 0 Å². The lowest BCUT2D eigenvalue weighted by molar-refractivity contribution is 0.463. The molecule has 0 aliphatic carbocycles. The number of piperazine rings is 1. The molecule has 2 aliphatic rings. The van der Waals surface area contributed by atoms with Crippen LogP contribution in [0.1, 0.15) is 29.5 Å². The molecule has 0 spiro atoms. The van der Waals surface area contributed by atoms with Crippen LogP contribution in [0.3, 0.4) is 0 Å². The quantitative estimate of drug-likeness (QED) is 0.821. The number of anilines is 1. The molecule has 0 saturated carbocycles. The van der Waals surface area contributed by atoms with E-state index >= 15 is 0 Å². The summed E-state index contributed by atoms with van der Waals surface area (Å²) in [6, 6.07) is 13.7. The number of nitrogens with zero attached hydrogens (tertiary/aromatic N) is 2. The van der Waals surface area contributed by atoms with E-state index in [4.69, 9.17) is 0 Å². The second kappa shape index (κ2) is 6.06. The molecule has 1 aromatic heterocycles. The molecule has 116 valence electrons. The van der Waals surface area contributed by atoms with Crippen molar-refractivity contribution in [3.63, 3.8) is 0 Å². The average molecular weight is 303 g/mol. The van der Waals surface area contributed by atoms with Crippen LogP contribution in [0, 0.1) is 18.8 Å². The van der Waals surface area contributed by atoms with Crippen molar-refractivity contribution in [3.8, 4) is 11.8 Å². The van der Waals surface area contributed by atoms with E-state index in [-0.39, 0.29) is 0 Å². The van der Waals surface area contributed by atoms with Gasteiger partial charge in [0.1, 0.15) is 5.82 Å². The zero-order valence-electron chi connectivity index (χ0n) is 13.4. The predicted molar refractivity (Wildman–Crippen MR) is 93.6 cm³/mol. The largest absolute Gasteiger partial charge is 0.353 e. The smallest absolute Gasteiger partial charge is 0.128 e. The summed E-state index contributed by atoms with van der Waals surface area (Å²) in [5.41, 5.74) is 3.26. The highest BCUT2D eigenvalue weighted by molar-refractivity contribution is 5.47. The maximum atomic E-state index is 4.62. The number of pyridine rings is 1. The van der Waals surface area contributed by atoms with E-state index in [1.54, 1.807) is 0 Å². The minimum atomic E-state index is 0.636. The van der Waals surface area contributed by atoms with Crippen LogP contribution in [0.5, 0.6) is 0 Å². The zero-order chi connectivity index (χ0) is 15.6. The Morgan fingerprint density at radius 2 is 1.61 bits per heavy atom. The van der Waals surface area contributed by atoms with Gasteiger partial charge in [-0.25, -0.2) is 4.98 Å². The van der Waals surface area contributed by atoms with Crippen LogP contribution in [-0.4, -0.2) is 30.2 Å². The first kappa shape index (κ1) is 14.3. The Hall–Kier alpha value is -2.31. The van der Waals surface area contributed by atoms with Gasteiger partial charge in [0.25, 0.3) is 0 Å². The van der Waals surface area contributed by atoms with Gasteiger partial charge in [-0.15, -0.1) is 0 Å². The zero-order valence-corrected chi connectivity index (χ0v) is 13.4. The van der Waals surface area contributed by atoms with Crippen molar-refractivity contribution in [1.82, 2.24) is 10.3 Å². The van der Waals surface area contributed by atoms with E-state index in [0.29, 0.717) is 12.1 Å². The van der Waals surface area contributed by atoms with Crippen molar-refractivity contribution in [3.05, 3.63) is 59.3 Å². The Kier molecular flexibility index (Phi) is 3.77. The summed E-state index contributed by atoms with van der Waals surface area (Å²) in [6.07, 6.45) is 4.48. The molecule has 0 radical (unpaired) electrons. The highest BCUT2D eigenvalue weighted by Gasteiger charge is 2.32. The molecule has 2 atom stereocenters. The van der Waals surface area contributed by atoms with Gasteiger partial charge in [0.2, 0.25) is 0 Å². The minimum absolute atomic E-state index is 0.636. The fraction of sp³-hybridized carbons (Fsp3) is 0.350. The molecule has 0 amide bonds. The van der Waals surface area contributed by atoms with Crippen molar-refractivity contribution >= 4 is 5.82 Å². The maximum Gasteiger partial charge on any atom is 0.128 e. The second-order valence-electron chi connectivity index (χ2n) is 6.56. The third kappa shape index (κ3) is 3.23. The highest BCUT2D eigenvalue weighted by atomic mass is 15.3. The summed E-state index contributed by atoms with van der Waals surface area (Å²) in [6.45, 7) is 4.22. The predicted octanol–water partition coefficient (Wildman–Crippen LogP) is 2.73. The highest BCUT2D eigenvalue weighted by Crippen LogP contribution is 2.23. The van der Waals surface area contributed by atoms with Crippen molar-refractivity contribution in [1.29, 1.82) is 0 Å². The first-order valence-corrected chi connectivity index (χ1v) is 8.32. The van der Waals surface area contributed by atoms with E-state index in [1.807, 2.05) is 6.20 Å². The summed E-state index contributed by atoms with van der Waals surface area (Å²) in [4.78, 5) is 7.02. The van der Waals surface area contributed by atoms with E-state index in [1.165, 1.54) is 18.4 Å². The number of nitrogens with one attached hydrogen (secondary N) is 1. The third-order valence-corrected chi connectivity index (χ3v) is 4.69. The molecule has 2 fully saturated rings. The maximum absolute atomic E-state index is 4.62. The van der Waals surface area contributed by atoms with Crippen LogP contribution in [0.25, 0.3) is 0 Å². The van der Waals surface area contributed by atoms with Gasteiger partial charge >= 0.3 is 0 Å². The fourth-order valence-corrected chi connectivity index (χ4v) is 3.41. The fourth-order valence-electron chi connectivity index (χ4n) is 3.41. The number of hydrogen-bond acceptors (Lipinski definition) is 3. The lowest BCUT2D eigenvalue weighted by Gasteiger charge is -2.33. The van der Waals surface area contributed by atoms with E-state index in [2.05, 4.69) is 70.4 Å². The molecule has 2 bridgehead atoms. The monoisotopic (exact) mass is 303 g/mol. The standard InChI is InChI=1S/C20H21N3/c1-15-2-4-16(5-3-15)6-7-17-8-11-20(21-12-17)23-13-18-9-10-19(14-23)22-18/h2-5,8,11-12,18-19,22H,9-10,13-14H2,1H3. The molecule has 2 saturated heterocycles. The van der Waals surface area contributed by atoms with Gasteiger partial charge in [-0.05, 0) is 44.0 Å². The van der Waals surface area contributed by atoms with Crippen molar-refractivity contribution in [2.45, 2.75) is 31.8 Å². The lowest BCUT2D eigenvalue weighted by Crippen LogP contribution is -2.51. The summed E-state index contributed by atoms with van der Waals surface area (Å²) in [5.74, 6) is 7.47. The van der Waals surface area contributed by atoms with E-state index in [9.17, 15) is 0 Å². The molecule has 3 nitrogen and oxygen atoms in total. The third-order valence-electron chi connectivity index (χ3n) is 4.69. The van der Waals surface area contributed by atoms with Gasteiger partial charge in [-0.1, -0.05) is 29.5 Å². The van der Waals surface area contributed by atoms with Gasteiger partial charge in [0.15, 0.2) is 0 Å². The molecule has 3 heteroatoms. The van der Waals surface area contributed by atoms with Crippen LogP contribution in [0.4, 0.5) is 5.82 Å². The average Bonchev–Trinajstić information content (AvgIpc) is 2.93. The first-order valence-electron chi connectivity index (χ1n) is 8.32. The Labute approximate surface area is 137 Å². The van der Waals surface area contributed by atoms with E-state index < -0.39 is 0 Å². The Morgan fingerprint density at radius 3 is 2.26 bits per heavy atom. The molecular formula is C20H21N3. The molecule has 1 aromatic carbocycles.